The first-order valence-corrected chi connectivity index (χ1v) is 10.4. The van der Waals surface area contributed by atoms with Crippen LogP contribution < -0.4 is 11.1 Å². The van der Waals surface area contributed by atoms with Crippen LogP contribution >= 0.6 is 0 Å². The fraction of sp³-hybridized carbons (Fsp3) is 0.389. The Morgan fingerprint density at radius 3 is 2.61 bits per heavy atom. The number of aromatic nitrogens is 1. The summed E-state index contributed by atoms with van der Waals surface area (Å²) in [6, 6.07) is 6.20. The van der Waals surface area contributed by atoms with E-state index in [1.54, 1.807) is 18.3 Å². The van der Waals surface area contributed by atoms with Crippen molar-refractivity contribution < 1.29 is 18.0 Å². The number of sulfonamides is 1. The summed E-state index contributed by atoms with van der Waals surface area (Å²) in [7, 11) is -3.67. The third-order valence-corrected chi connectivity index (χ3v) is 6.61. The van der Waals surface area contributed by atoms with Gasteiger partial charge in [-0.15, -0.1) is 0 Å². The highest BCUT2D eigenvalue weighted by atomic mass is 32.2. The van der Waals surface area contributed by atoms with E-state index < -0.39 is 22.0 Å². The van der Waals surface area contributed by atoms with Crippen LogP contribution in [0.4, 0.5) is 4.79 Å². The van der Waals surface area contributed by atoms with Crippen LogP contribution in [0.15, 0.2) is 35.4 Å². The molecule has 0 spiro atoms. The molecule has 1 aliphatic heterocycles. The van der Waals surface area contributed by atoms with Crippen molar-refractivity contribution in [1.29, 1.82) is 0 Å². The number of hydrogen-bond donors (Lipinski definition) is 2. The minimum Gasteiger partial charge on any atom is -0.351 e. The summed E-state index contributed by atoms with van der Waals surface area (Å²) in [5.41, 5.74) is 6.35. The number of amides is 3. The Kier molecular flexibility index (Phi) is 5.92. The van der Waals surface area contributed by atoms with Gasteiger partial charge in [-0.3, -0.25) is 15.1 Å². The van der Waals surface area contributed by atoms with Crippen LogP contribution in [0.5, 0.6) is 0 Å². The number of aryl methyl sites for hydroxylation is 1. The zero-order valence-corrected chi connectivity index (χ0v) is 16.4. The van der Waals surface area contributed by atoms with E-state index in [2.05, 4.69) is 4.98 Å². The maximum Gasteiger partial charge on any atom is 0.318 e. The van der Waals surface area contributed by atoms with E-state index in [1.165, 1.54) is 4.31 Å². The van der Waals surface area contributed by atoms with Crippen LogP contribution in [0.1, 0.15) is 12.0 Å². The summed E-state index contributed by atoms with van der Waals surface area (Å²) in [6.07, 6.45) is 1.79. The molecule has 1 aliphatic rings. The van der Waals surface area contributed by atoms with E-state index in [1.807, 2.05) is 29.3 Å². The number of imide groups is 1. The zero-order valence-electron chi connectivity index (χ0n) is 15.6. The van der Waals surface area contributed by atoms with Gasteiger partial charge in [0.2, 0.25) is 15.9 Å². The van der Waals surface area contributed by atoms with Crippen molar-refractivity contribution in [1.82, 2.24) is 19.5 Å². The van der Waals surface area contributed by atoms with Crippen molar-refractivity contribution in [3.8, 4) is 0 Å². The molecule has 2 heterocycles. The molecule has 0 aliphatic carbocycles. The van der Waals surface area contributed by atoms with Gasteiger partial charge < -0.3 is 10.6 Å². The van der Waals surface area contributed by atoms with Gasteiger partial charge in [-0.1, -0.05) is 12.1 Å². The van der Waals surface area contributed by atoms with Gasteiger partial charge in [-0.25, -0.2) is 13.2 Å². The van der Waals surface area contributed by atoms with E-state index in [4.69, 9.17) is 5.73 Å². The largest absolute Gasteiger partial charge is 0.351 e. The summed E-state index contributed by atoms with van der Waals surface area (Å²) in [6.45, 7) is 3.99. The van der Waals surface area contributed by atoms with Gasteiger partial charge in [0.05, 0.1) is 5.52 Å². The number of nitrogens with zero attached hydrogens (tertiary/aromatic N) is 3. The Morgan fingerprint density at radius 1 is 1.21 bits per heavy atom. The highest BCUT2D eigenvalue weighted by molar-refractivity contribution is 7.89. The fourth-order valence-electron chi connectivity index (χ4n) is 3.24. The molecule has 1 aromatic carbocycles. The Morgan fingerprint density at radius 2 is 1.93 bits per heavy atom. The number of primary amides is 1. The predicted molar refractivity (Wildman–Crippen MR) is 104 cm³/mol. The van der Waals surface area contributed by atoms with Crippen LogP contribution in [-0.4, -0.2) is 67.3 Å². The minimum absolute atomic E-state index is 0.127. The number of nitrogens with two attached hydrogens (primary N) is 1. The number of para-hydroxylation sites is 1. The average Bonchev–Trinajstić information content (AvgIpc) is 2.65. The zero-order chi connectivity index (χ0) is 20.3. The number of carbonyl (C=O) groups is 2. The number of pyridine rings is 1. The SMILES string of the molecule is Cc1cnc2c(S(=O)(=O)N3CCN(CCC(=O)NC(N)=O)CC3)cccc2c1. The third-order valence-electron chi connectivity index (χ3n) is 4.68. The topological polar surface area (TPSA) is 126 Å². The van der Waals surface area contributed by atoms with E-state index in [0.29, 0.717) is 38.2 Å². The number of benzene rings is 1. The van der Waals surface area contributed by atoms with E-state index in [-0.39, 0.29) is 11.3 Å². The summed E-state index contributed by atoms with van der Waals surface area (Å²) >= 11 is 0. The van der Waals surface area contributed by atoms with Crippen LogP contribution in [0.25, 0.3) is 10.9 Å². The smallest absolute Gasteiger partial charge is 0.318 e. The number of carbonyl (C=O) groups excluding carboxylic acids is 2. The number of urea groups is 1. The van der Waals surface area contributed by atoms with Crippen molar-refractivity contribution in [2.45, 2.75) is 18.2 Å². The molecule has 1 fully saturated rings. The predicted octanol–water partition coefficient (Wildman–Crippen LogP) is 0.435. The summed E-state index contributed by atoms with van der Waals surface area (Å²) < 4.78 is 27.7. The second kappa shape index (κ2) is 8.21. The first-order valence-electron chi connectivity index (χ1n) is 8.94. The molecule has 0 atom stereocenters. The molecule has 9 nitrogen and oxygen atoms in total. The molecular weight excluding hydrogens is 382 g/mol. The molecular formula is C18H23N5O4S. The van der Waals surface area contributed by atoms with Gasteiger partial charge in [0, 0.05) is 50.7 Å². The Labute approximate surface area is 163 Å². The number of rotatable bonds is 5. The highest BCUT2D eigenvalue weighted by Gasteiger charge is 2.30. The molecule has 0 unspecified atom stereocenters. The standard InChI is InChI=1S/C18H23N5O4S/c1-13-11-14-3-2-4-15(17(14)20-12-13)28(26,27)23-9-7-22(8-10-23)6-5-16(24)21-18(19)25/h2-4,11-12H,5-10H2,1H3,(H3,19,21,24,25). The van der Waals surface area contributed by atoms with Crippen molar-refractivity contribution in [3.05, 3.63) is 36.0 Å². The molecule has 3 amide bonds. The molecule has 28 heavy (non-hydrogen) atoms. The van der Waals surface area contributed by atoms with Gasteiger partial charge >= 0.3 is 6.03 Å². The van der Waals surface area contributed by atoms with Crippen LogP contribution in [0.3, 0.4) is 0 Å². The lowest BCUT2D eigenvalue weighted by Crippen LogP contribution is -2.49. The van der Waals surface area contributed by atoms with Crippen molar-refractivity contribution >= 4 is 32.9 Å². The quantitative estimate of drug-likeness (QED) is 0.743. The Balaban J connectivity index is 1.67. The molecule has 1 aromatic heterocycles. The second-order valence-corrected chi connectivity index (χ2v) is 8.66. The van der Waals surface area contributed by atoms with Gasteiger partial charge in [0.15, 0.2) is 0 Å². The van der Waals surface area contributed by atoms with Crippen LogP contribution in [0, 0.1) is 6.92 Å². The highest BCUT2D eigenvalue weighted by Crippen LogP contribution is 2.25. The Bertz CT molecular complexity index is 1000. The molecule has 10 heteroatoms. The lowest BCUT2D eigenvalue weighted by atomic mass is 10.2. The van der Waals surface area contributed by atoms with Crippen molar-refractivity contribution in [2.75, 3.05) is 32.7 Å². The summed E-state index contributed by atoms with van der Waals surface area (Å²) in [5.74, 6) is -0.445. The number of piperazine rings is 1. The monoisotopic (exact) mass is 405 g/mol. The van der Waals surface area contributed by atoms with E-state index in [0.717, 1.165) is 10.9 Å². The average molecular weight is 405 g/mol. The summed E-state index contributed by atoms with van der Waals surface area (Å²) in [5, 5.41) is 2.81. The van der Waals surface area contributed by atoms with Crippen LogP contribution in [-0.2, 0) is 14.8 Å². The van der Waals surface area contributed by atoms with Crippen LogP contribution in [0.2, 0.25) is 0 Å². The summed E-state index contributed by atoms with van der Waals surface area (Å²) in [4.78, 5) is 28.7. The molecule has 2 aromatic rings. The van der Waals surface area contributed by atoms with Gasteiger partial charge in [0.25, 0.3) is 0 Å². The third kappa shape index (κ3) is 4.46. The molecule has 150 valence electrons. The number of nitrogens with one attached hydrogen (secondary N) is 1. The van der Waals surface area contributed by atoms with Crippen molar-refractivity contribution in [3.63, 3.8) is 0 Å². The molecule has 3 N–H and O–H groups in total. The number of fused-ring (bicyclic) bond motifs is 1. The molecule has 0 bridgehead atoms. The van der Waals surface area contributed by atoms with Gasteiger partial charge in [0.1, 0.15) is 4.90 Å². The maximum absolute atomic E-state index is 13.1. The van der Waals surface area contributed by atoms with E-state index in [9.17, 15) is 18.0 Å². The minimum atomic E-state index is -3.67. The molecule has 3 rings (SSSR count). The lowest BCUT2D eigenvalue weighted by molar-refractivity contribution is -0.120. The first-order chi connectivity index (χ1) is 13.3. The number of hydrogen-bond acceptors (Lipinski definition) is 6. The maximum atomic E-state index is 13.1. The molecule has 0 radical (unpaired) electrons. The van der Waals surface area contributed by atoms with Gasteiger partial charge in [-0.2, -0.15) is 4.31 Å². The van der Waals surface area contributed by atoms with Crippen molar-refractivity contribution in [2.24, 2.45) is 5.73 Å². The molecule has 0 saturated carbocycles. The second-order valence-electron chi connectivity index (χ2n) is 6.75. The Hall–Kier alpha value is -2.56. The molecule has 1 saturated heterocycles. The fourth-order valence-corrected chi connectivity index (χ4v) is 4.83. The lowest BCUT2D eigenvalue weighted by Gasteiger charge is -2.33. The van der Waals surface area contributed by atoms with Gasteiger partial charge in [-0.05, 0) is 24.6 Å². The van der Waals surface area contributed by atoms with E-state index >= 15 is 0 Å². The first kappa shape index (κ1) is 20.2. The normalized spacial score (nSPS) is 16.2.